The summed E-state index contributed by atoms with van der Waals surface area (Å²) in [6, 6.07) is 4.40. The van der Waals surface area contributed by atoms with Gasteiger partial charge in [0.25, 0.3) is 0 Å². The molecule has 1 heterocycles. The van der Waals surface area contributed by atoms with E-state index in [0.29, 0.717) is 6.04 Å². The van der Waals surface area contributed by atoms with Gasteiger partial charge in [-0.15, -0.1) is 0 Å². The van der Waals surface area contributed by atoms with Crippen molar-refractivity contribution in [2.75, 3.05) is 6.54 Å². The zero-order valence-corrected chi connectivity index (χ0v) is 14.2. The molecule has 0 saturated carbocycles. The molecule has 0 aromatic carbocycles. The first kappa shape index (κ1) is 18.0. The van der Waals surface area contributed by atoms with Crippen LogP contribution in [0.15, 0.2) is 18.3 Å². The zero-order valence-electron chi connectivity index (χ0n) is 14.2. The van der Waals surface area contributed by atoms with Crippen LogP contribution in [-0.4, -0.2) is 17.6 Å². The number of pyridine rings is 1. The van der Waals surface area contributed by atoms with Crippen LogP contribution < -0.4 is 10.1 Å². The molecule has 1 aromatic rings. The molecule has 1 aromatic heterocycles. The maximum absolute atomic E-state index is 5.93. The lowest BCUT2D eigenvalue weighted by Gasteiger charge is -2.16. The zero-order chi connectivity index (χ0) is 15.5. The van der Waals surface area contributed by atoms with E-state index < -0.39 is 0 Å². The Morgan fingerprint density at radius 1 is 1.10 bits per heavy atom. The van der Waals surface area contributed by atoms with Crippen LogP contribution in [0.2, 0.25) is 0 Å². The van der Waals surface area contributed by atoms with Gasteiger partial charge < -0.3 is 10.1 Å². The topological polar surface area (TPSA) is 34.1 Å². The summed E-state index contributed by atoms with van der Waals surface area (Å²) >= 11 is 0. The predicted molar refractivity (Wildman–Crippen MR) is 89.8 cm³/mol. The summed E-state index contributed by atoms with van der Waals surface area (Å²) in [4.78, 5) is 4.51. The van der Waals surface area contributed by atoms with Gasteiger partial charge in [0, 0.05) is 6.04 Å². The number of ether oxygens (including phenoxy) is 1. The van der Waals surface area contributed by atoms with Crippen LogP contribution in [0.1, 0.15) is 78.0 Å². The molecule has 0 bridgehead atoms. The summed E-state index contributed by atoms with van der Waals surface area (Å²) in [5.74, 6) is 0.879. The first-order valence-corrected chi connectivity index (χ1v) is 8.53. The van der Waals surface area contributed by atoms with Crippen LogP contribution in [0.4, 0.5) is 0 Å². The van der Waals surface area contributed by atoms with Crippen molar-refractivity contribution >= 4 is 0 Å². The van der Waals surface area contributed by atoms with E-state index in [1.807, 2.05) is 12.3 Å². The average molecular weight is 292 g/mol. The second kappa shape index (κ2) is 10.6. The summed E-state index contributed by atoms with van der Waals surface area (Å²) < 4.78 is 5.93. The molecule has 1 N–H and O–H groups in total. The molecule has 0 saturated heterocycles. The smallest absolute Gasteiger partial charge is 0.138 e. The van der Waals surface area contributed by atoms with Crippen LogP contribution in [0.5, 0.6) is 5.75 Å². The van der Waals surface area contributed by atoms with Gasteiger partial charge >= 0.3 is 0 Å². The van der Waals surface area contributed by atoms with Gasteiger partial charge in [-0.1, -0.05) is 33.1 Å². The van der Waals surface area contributed by atoms with Crippen molar-refractivity contribution < 1.29 is 4.74 Å². The van der Waals surface area contributed by atoms with E-state index in [0.717, 1.165) is 30.8 Å². The standard InChI is InChI=1S/C18H32N2O/c1-5-7-8-9-10-15(3)21-17-11-12-18(20-14-17)16(4)19-13-6-2/h11-12,14-16,19H,5-10,13H2,1-4H3. The maximum atomic E-state index is 5.93. The molecule has 2 unspecified atom stereocenters. The fourth-order valence-electron chi connectivity index (χ4n) is 2.33. The molecule has 0 aliphatic rings. The minimum absolute atomic E-state index is 0.269. The van der Waals surface area contributed by atoms with E-state index in [1.54, 1.807) is 0 Å². The average Bonchev–Trinajstić information content (AvgIpc) is 2.50. The van der Waals surface area contributed by atoms with Gasteiger partial charge in [0.2, 0.25) is 0 Å². The second-order valence-corrected chi connectivity index (χ2v) is 5.87. The molecule has 0 fully saturated rings. The van der Waals surface area contributed by atoms with Gasteiger partial charge in [-0.2, -0.15) is 0 Å². The van der Waals surface area contributed by atoms with Crippen molar-refractivity contribution in [1.29, 1.82) is 0 Å². The molecule has 21 heavy (non-hydrogen) atoms. The summed E-state index contributed by atoms with van der Waals surface area (Å²) in [6.07, 6.45) is 9.54. The van der Waals surface area contributed by atoms with Gasteiger partial charge in [0.15, 0.2) is 0 Å². The Kier molecular flexibility index (Phi) is 9.07. The Hall–Kier alpha value is -1.09. The highest BCUT2D eigenvalue weighted by Gasteiger charge is 2.08. The minimum Gasteiger partial charge on any atom is -0.489 e. The Balaban J connectivity index is 2.36. The number of hydrogen-bond donors (Lipinski definition) is 1. The number of aromatic nitrogens is 1. The molecule has 0 spiro atoms. The molecule has 3 nitrogen and oxygen atoms in total. The van der Waals surface area contributed by atoms with E-state index in [1.165, 1.54) is 25.7 Å². The van der Waals surface area contributed by atoms with Crippen LogP contribution in [0.3, 0.4) is 0 Å². The van der Waals surface area contributed by atoms with E-state index in [-0.39, 0.29) is 6.10 Å². The Morgan fingerprint density at radius 3 is 2.52 bits per heavy atom. The highest BCUT2D eigenvalue weighted by atomic mass is 16.5. The van der Waals surface area contributed by atoms with Gasteiger partial charge in [0.05, 0.1) is 18.0 Å². The summed E-state index contributed by atoms with van der Waals surface area (Å²) in [5.41, 5.74) is 1.08. The van der Waals surface area contributed by atoms with Crippen molar-refractivity contribution in [3.63, 3.8) is 0 Å². The van der Waals surface area contributed by atoms with E-state index in [9.17, 15) is 0 Å². The third-order valence-electron chi connectivity index (χ3n) is 3.70. The van der Waals surface area contributed by atoms with E-state index in [2.05, 4.69) is 44.1 Å². The van der Waals surface area contributed by atoms with Crippen molar-refractivity contribution in [3.8, 4) is 5.75 Å². The van der Waals surface area contributed by atoms with Crippen molar-refractivity contribution in [2.45, 2.75) is 78.4 Å². The quantitative estimate of drug-likeness (QED) is 0.590. The van der Waals surface area contributed by atoms with Crippen LogP contribution in [-0.2, 0) is 0 Å². The van der Waals surface area contributed by atoms with Gasteiger partial charge in [0.1, 0.15) is 5.75 Å². The first-order valence-electron chi connectivity index (χ1n) is 8.53. The lowest BCUT2D eigenvalue weighted by Crippen LogP contribution is -2.20. The van der Waals surface area contributed by atoms with Crippen molar-refractivity contribution in [2.24, 2.45) is 0 Å². The number of rotatable bonds is 11. The molecule has 0 radical (unpaired) electrons. The third kappa shape index (κ3) is 7.47. The maximum Gasteiger partial charge on any atom is 0.138 e. The SMILES string of the molecule is CCCCCCC(C)Oc1ccc(C(C)NCCC)nc1. The Labute approximate surface area is 130 Å². The molecule has 120 valence electrons. The second-order valence-electron chi connectivity index (χ2n) is 5.87. The number of unbranched alkanes of at least 4 members (excludes halogenated alkanes) is 3. The van der Waals surface area contributed by atoms with Crippen molar-refractivity contribution in [1.82, 2.24) is 10.3 Å². The number of nitrogens with zero attached hydrogens (tertiary/aromatic N) is 1. The van der Waals surface area contributed by atoms with E-state index >= 15 is 0 Å². The van der Waals surface area contributed by atoms with Crippen LogP contribution in [0.25, 0.3) is 0 Å². The first-order chi connectivity index (χ1) is 10.2. The molecule has 3 heteroatoms. The van der Waals surface area contributed by atoms with Crippen LogP contribution in [0, 0.1) is 0 Å². The molecule has 2 atom stereocenters. The highest BCUT2D eigenvalue weighted by molar-refractivity contribution is 5.21. The third-order valence-corrected chi connectivity index (χ3v) is 3.70. The Morgan fingerprint density at radius 2 is 1.90 bits per heavy atom. The highest BCUT2D eigenvalue weighted by Crippen LogP contribution is 2.17. The van der Waals surface area contributed by atoms with Crippen LogP contribution >= 0.6 is 0 Å². The molecule has 1 rings (SSSR count). The molecular weight excluding hydrogens is 260 g/mol. The lowest BCUT2D eigenvalue weighted by molar-refractivity contribution is 0.205. The molecule has 0 amide bonds. The molecule has 0 aliphatic carbocycles. The molecular formula is C18H32N2O. The largest absolute Gasteiger partial charge is 0.489 e. The summed E-state index contributed by atoms with van der Waals surface area (Å²) in [7, 11) is 0. The summed E-state index contributed by atoms with van der Waals surface area (Å²) in [5, 5.41) is 3.45. The Bertz CT molecular complexity index is 364. The van der Waals surface area contributed by atoms with Gasteiger partial charge in [-0.3, -0.25) is 4.98 Å². The monoisotopic (exact) mass is 292 g/mol. The normalized spacial score (nSPS) is 13.9. The van der Waals surface area contributed by atoms with Gasteiger partial charge in [-0.25, -0.2) is 0 Å². The number of hydrogen-bond acceptors (Lipinski definition) is 3. The van der Waals surface area contributed by atoms with Crippen molar-refractivity contribution in [3.05, 3.63) is 24.0 Å². The molecule has 0 aliphatic heterocycles. The fourth-order valence-corrected chi connectivity index (χ4v) is 2.33. The fraction of sp³-hybridized carbons (Fsp3) is 0.722. The minimum atomic E-state index is 0.269. The predicted octanol–water partition coefficient (Wildman–Crippen LogP) is 4.88. The van der Waals surface area contributed by atoms with E-state index in [4.69, 9.17) is 4.74 Å². The lowest BCUT2D eigenvalue weighted by atomic mass is 10.1. The summed E-state index contributed by atoms with van der Waals surface area (Å²) in [6.45, 7) is 9.73. The van der Waals surface area contributed by atoms with Gasteiger partial charge in [-0.05, 0) is 51.8 Å². The number of nitrogens with one attached hydrogen (secondary N) is 1.